The normalized spacial score (nSPS) is 11.4. The van der Waals surface area contributed by atoms with Crippen molar-refractivity contribution in [1.29, 1.82) is 0 Å². The SMILES string of the molecule is O=C(O)CCc1ccc(S(=O)(=O)Nc2cccc3cccnc23)cc1. The number of sulfonamides is 1. The van der Waals surface area contributed by atoms with Crippen molar-refractivity contribution in [3.8, 4) is 0 Å². The highest BCUT2D eigenvalue weighted by atomic mass is 32.2. The van der Waals surface area contributed by atoms with Crippen LogP contribution in [0.5, 0.6) is 0 Å². The van der Waals surface area contributed by atoms with Crippen molar-refractivity contribution in [3.63, 3.8) is 0 Å². The first-order valence-corrected chi connectivity index (χ1v) is 9.11. The summed E-state index contributed by atoms with van der Waals surface area (Å²) in [5, 5.41) is 9.54. The van der Waals surface area contributed by atoms with Crippen molar-refractivity contribution in [2.24, 2.45) is 0 Å². The number of aliphatic carboxylic acids is 1. The molecule has 0 bridgehead atoms. The van der Waals surface area contributed by atoms with Crippen LogP contribution in [0.15, 0.2) is 65.7 Å². The second-order valence-corrected chi connectivity index (χ2v) is 7.21. The molecule has 0 saturated carbocycles. The number of aryl methyl sites for hydroxylation is 1. The molecule has 0 spiro atoms. The minimum absolute atomic E-state index is 0.00597. The highest BCUT2D eigenvalue weighted by molar-refractivity contribution is 7.92. The fourth-order valence-corrected chi connectivity index (χ4v) is 3.54. The third kappa shape index (κ3) is 3.95. The van der Waals surface area contributed by atoms with Gasteiger partial charge in [-0.2, -0.15) is 0 Å². The van der Waals surface area contributed by atoms with Crippen LogP contribution in [0.25, 0.3) is 10.9 Å². The largest absolute Gasteiger partial charge is 0.481 e. The van der Waals surface area contributed by atoms with Gasteiger partial charge in [0, 0.05) is 18.0 Å². The Bertz CT molecular complexity index is 1010. The summed E-state index contributed by atoms with van der Waals surface area (Å²) in [6.45, 7) is 0. The minimum atomic E-state index is -3.76. The molecular formula is C18H16N2O4S. The van der Waals surface area contributed by atoms with Crippen LogP contribution in [0.3, 0.4) is 0 Å². The molecule has 2 N–H and O–H groups in total. The molecule has 25 heavy (non-hydrogen) atoms. The van der Waals surface area contributed by atoms with Gasteiger partial charge in [-0.05, 0) is 36.2 Å². The number of anilines is 1. The number of para-hydroxylation sites is 1. The number of hydrogen-bond acceptors (Lipinski definition) is 4. The van der Waals surface area contributed by atoms with E-state index in [1.54, 1.807) is 36.5 Å². The van der Waals surface area contributed by atoms with E-state index in [4.69, 9.17) is 5.11 Å². The molecule has 7 heteroatoms. The lowest BCUT2D eigenvalue weighted by Gasteiger charge is -2.10. The van der Waals surface area contributed by atoms with Crippen molar-refractivity contribution < 1.29 is 18.3 Å². The van der Waals surface area contributed by atoms with Gasteiger partial charge in [-0.15, -0.1) is 0 Å². The van der Waals surface area contributed by atoms with Crippen molar-refractivity contribution in [3.05, 3.63) is 66.4 Å². The zero-order valence-corrected chi connectivity index (χ0v) is 14.0. The summed E-state index contributed by atoms with van der Waals surface area (Å²) in [6, 6.07) is 15.1. The molecule has 0 aliphatic rings. The summed E-state index contributed by atoms with van der Waals surface area (Å²) in [5.41, 5.74) is 1.76. The molecule has 0 unspecified atom stereocenters. The van der Waals surface area contributed by atoms with E-state index in [1.165, 1.54) is 12.1 Å². The van der Waals surface area contributed by atoms with E-state index in [0.717, 1.165) is 10.9 Å². The Morgan fingerprint density at radius 3 is 2.48 bits per heavy atom. The lowest BCUT2D eigenvalue weighted by atomic mass is 10.1. The van der Waals surface area contributed by atoms with Crippen molar-refractivity contribution >= 4 is 32.6 Å². The number of carboxylic acids is 1. The van der Waals surface area contributed by atoms with Crippen LogP contribution in [0.1, 0.15) is 12.0 Å². The molecule has 1 heterocycles. The van der Waals surface area contributed by atoms with Gasteiger partial charge in [0.05, 0.1) is 16.1 Å². The Balaban J connectivity index is 1.85. The van der Waals surface area contributed by atoms with Gasteiger partial charge in [-0.25, -0.2) is 8.42 Å². The van der Waals surface area contributed by atoms with E-state index in [2.05, 4.69) is 9.71 Å². The molecule has 128 valence electrons. The molecule has 0 fully saturated rings. The van der Waals surface area contributed by atoms with Crippen LogP contribution in [0.4, 0.5) is 5.69 Å². The molecule has 3 rings (SSSR count). The molecule has 0 saturated heterocycles. The van der Waals surface area contributed by atoms with Gasteiger partial charge in [0.25, 0.3) is 10.0 Å². The Morgan fingerprint density at radius 1 is 1.04 bits per heavy atom. The van der Waals surface area contributed by atoms with Gasteiger partial charge >= 0.3 is 5.97 Å². The smallest absolute Gasteiger partial charge is 0.303 e. The van der Waals surface area contributed by atoms with E-state index < -0.39 is 16.0 Å². The lowest BCUT2D eigenvalue weighted by Crippen LogP contribution is -2.13. The topological polar surface area (TPSA) is 96.4 Å². The molecule has 6 nitrogen and oxygen atoms in total. The maximum atomic E-state index is 12.6. The number of carbonyl (C=O) groups is 1. The average molecular weight is 356 g/mol. The summed E-state index contributed by atoms with van der Waals surface area (Å²) in [7, 11) is -3.76. The minimum Gasteiger partial charge on any atom is -0.481 e. The van der Waals surface area contributed by atoms with E-state index in [0.29, 0.717) is 17.6 Å². The van der Waals surface area contributed by atoms with Crippen LogP contribution in [0.2, 0.25) is 0 Å². The van der Waals surface area contributed by atoms with E-state index in [-0.39, 0.29) is 11.3 Å². The first kappa shape index (κ1) is 16.9. The van der Waals surface area contributed by atoms with Crippen LogP contribution in [0, 0.1) is 0 Å². The first-order valence-electron chi connectivity index (χ1n) is 7.63. The van der Waals surface area contributed by atoms with Gasteiger partial charge in [0.1, 0.15) is 0 Å². The summed E-state index contributed by atoms with van der Waals surface area (Å²) in [6.07, 6.45) is 1.97. The number of hydrogen-bond donors (Lipinski definition) is 2. The standard InChI is InChI=1S/C18H16N2O4S/c21-17(22)11-8-13-6-9-15(10-7-13)25(23,24)20-16-5-1-3-14-4-2-12-19-18(14)16/h1-7,9-10,12,20H,8,11H2,(H,21,22). The molecule has 0 aliphatic carbocycles. The number of aromatic nitrogens is 1. The molecule has 2 aromatic carbocycles. The Hall–Kier alpha value is -2.93. The van der Waals surface area contributed by atoms with Gasteiger partial charge in [0.2, 0.25) is 0 Å². The Kier molecular flexibility index (Phi) is 4.67. The van der Waals surface area contributed by atoms with Crippen LogP contribution < -0.4 is 4.72 Å². The second kappa shape index (κ2) is 6.90. The fourth-order valence-electron chi connectivity index (χ4n) is 2.48. The number of nitrogens with zero attached hydrogens (tertiary/aromatic N) is 1. The maximum Gasteiger partial charge on any atom is 0.303 e. The quantitative estimate of drug-likeness (QED) is 0.707. The van der Waals surface area contributed by atoms with Crippen LogP contribution >= 0.6 is 0 Å². The highest BCUT2D eigenvalue weighted by Crippen LogP contribution is 2.24. The van der Waals surface area contributed by atoms with E-state index >= 15 is 0 Å². The second-order valence-electron chi connectivity index (χ2n) is 5.52. The molecule has 0 radical (unpaired) electrons. The number of fused-ring (bicyclic) bond motifs is 1. The zero-order valence-electron chi connectivity index (χ0n) is 13.2. The highest BCUT2D eigenvalue weighted by Gasteiger charge is 2.16. The molecule has 0 atom stereocenters. The average Bonchev–Trinajstić information content (AvgIpc) is 2.60. The molecule has 0 aliphatic heterocycles. The van der Waals surface area contributed by atoms with Gasteiger partial charge < -0.3 is 5.11 Å². The third-order valence-electron chi connectivity index (χ3n) is 3.74. The molecule has 0 amide bonds. The zero-order chi connectivity index (χ0) is 17.9. The molecule has 1 aromatic heterocycles. The summed E-state index contributed by atoms with van der Waals surface area (Å²) in [5.74, 6) is -0.887. The number of rotatable bonds is 6. The lowest BCUT2D eigenvalue weighted by molar-refractivity contribution is -0.136. The monoisotopic (exact) mass is 356 g/mol. The van der Waals surface area contributed by atoms with Crippen molar-refractivity contribution in [1.82, 2.24) is 4.98 Å². The number of benzene rings is 2. The first-order chi connectivity index (χ1) is 12.0. The van der Waals surface area contributed by atoms with Crippen LogP contribution in [-0.4, -0.2) is 24.5 Å². The van der Waals surface area contributed by atoms with Gasteiger partial charge in [-0.1, -0.05) is 30.3 Å². The Labute approximate surface area is 145 Å². The summed E-state index contributed by atoms with van der Waals surface area (Å²) < 4.78 is 27.7. The number of nitrogens with one attached hydrogen (secondary N) is 1. The Morgan fingerprint density at radius 2 is 1.76 bits per heavy atom. The predicted octanol–water partition coefficient (Wildman–Crippen LogP) is 3.05. The molecule has 3 aromatic rings. The van der Waals surface area contributed by atoms with E-state index in [9.17, 15) is 13.2 Å². The van der Waals surface area contributed by atoms with Gasteiger partial charge in [0.15, 0.2) is 0 Å². The fraction of sp³-hybridized carbons (Fsp3) is 0.111. The number of pyridine rings is 1. The molecular weight excluding hydrogens is 340 g/mol. The number of carboxylic acid groups (broad SMARTS) is 1. The summed E-state index contributed by atoms with van der Waals surface area (Å²) >= 11 is 0. The van der Waals surface area contributed by atoms with Gasteiger partial charge in [-0.3, -0.25) is 14.5 Å². The van der Waals surface area contributed by atoms with Crippen molar-refractivity contribution in [2.45, 2.75) is 17.7 Å². The third-order valence-corrected chi connectivity index (χ3v) is 5.12. The van der Waals surface area contributed by atoms with Crippen LogP contribution in [-0.2, 0) is 21.2 Å². The van der Waals surface area contributed by atoms with Crippen molar-refractivity contribution in [2.75, 3.05) is 4.72 Å². The predicted molar refractivity (Wildman–Crippen MR) is 95.0 cm³/mol. The maximum absolute atomic E-state index is 12.6. The van der Waals surface area contributed by atoms with E-state index in [1.807, 2.05) is 12.1 Å². The summed E-state index contributed by atoms with van der Waals surface area (Å²) in [4.78, 5) is 14.9.